The van der Waals surface area contributed by atoms with E-state index in [1.807, 2.05) is 17.0 Å². The summed E-state index contributed by atoms with van der Waals surface area (Å²) in [6, 6.07) is 4.38. The Labute approximate surface area is 225 Å². The number of nitrogens with one attached hydrogen (secondary N) is 1. The van der Waals surface area contributed by atoms with Crippen LogP contribution >= 0.6 is 31.9 Å². The number of piperidine rings is 2. The van der Waals surface area contributed by atoms with Gasteiger partial charge in [0.25, 0.3) is 5.91 Å². The first kappa shape index (κ1) is 26.7. The third-order valence-electron chi connectivity index (χ3n) is 7.57. The lowest BCUT2D eigenvalue weighted by molar-refractivity contribution is -0.143. The van der Waals surface area contributed by atoms with Crippen LogP contribution in [0, 0.1) is 5.92 Å². The summed E-state index contributed by atoms with van der Waals surface area (Å²) in [6.45, 7) is 8.72. The van der Waals surface area contributed by atoms with Gasteiger partial charge in [0.15, 0.2) is 6.10 Å². The van der Waals surface area contributed by atoms with Gasteiger partial charge in [-0.15, -0.1) is 0 Å². The lowest BCUT2D eigenvalue weighted by Gasteiger charge is -2.41. The van der Waals surface area contributed by atoms with Crippen molar-refractivity contribution in [2.45, 2.75) is 51.2 Å². The van der Waals surface area contributed by atoms with Crippen LogP contribution < -0.4 is 11.1 Å². The van der Waals surface area contributed by atoms with E-state index in [0.29, 0.717) is 50.2 Å². The maximum Gasteiger partial charge on any atom is 0.410 e. The monoisotopic (exact) mass is 613 g/mol. The van der Waals surface area contributed by atoms with Crippen LogP contribution in [0.5, 0.6) is 0 Å². The molecular formula is C25H37Br2N5O3. The molecule has 4 rings (SSSR count). The zero-order valence-electron chi connectivity index (χ0n) is 20.5. The molecule has 1 aromatic rings. The van der Waals surface area contributed by atoms with Gasteiger partial charge in [-0.3, -0.25) is 9.69 Å². The van der Waals surface area contributed by atoms with Crippen molar-refractivity contribution in [3.05, 3.63) is 26.6 Å². The largest absolute Gasteiger partial charge is 0.436 e. The summed E-state index contributed by atoms with van der Waals surface area (Å²) in [5.41, 5.74) is 7.53. The number of hydrogen-bond acceptors (Lipinski definition) is 6. The van der Waals surface area contributed by atoms with Gasteiger partial charge < -0.3 is 25.6 Å². The summed E-state index contributed by atoms with van der Waals surface area (Å²) in [7, 11) is 0. The van der Waals surface area contributed by atoms with Crippen molar-refractivity contribution in [2.75, 3.05) is 58.1 Å². The predicted octanol–water partition coefficient (Wildman–Crippen LogP) is 3.47. The van der Waals surface area contributed by atoms with Crippen LogP contribution in [0.2, 0.25) is 0 Å². The lowest BCUT2D eigenvalue weighted by atomic mass is 10.00. The Balaban J connectivity index is 1.44. The summed E-state index contributed by atoms with van der Waals surface area (Å²) >= 11 is 6.98. The summed E-state index contributed by atoms with van der Waals surface area (Å²) in [5.74, 6) is 0.495. The van der Waals surface area contributed by atoms with Gasteiger partial charge in [0, 0.05) is 60.7 Å². The number of nitrogens with two attached hydrogens (primary N) is 1. The van der Waals surface area contributed by atoms with E-state index in [9.17, 15) is 9.59 Å². The zero-order valence-corrected chi connectivity index (χ0v) is 23.7. The standard InChI is InChI=1S/C25H37Br2N5O3/c1-17-4-8-32(9-5-17)25(34)35-22(16-18-14-20(26)23(28)21(27)15-18)24(33)31-12-10-30(11-13-31)19-2-6-29-7-3-19/h14-15,17,19,22,29H,2-13,16,28H2,1H3/t22-/m1/s1. The minimum absolute atomic E-state index is 0.113. The van der Waals surface area contributed by atoms with E-state index >= 15 is 0 Å². The molecule has 35 heavy (non-hydrogen) atoms. The van der Waals surface area contributed by atoms with Crippen molar-refractivity contribution in [3.63, 3.8) is 0 Å². The summed E-state index contributed by atoms with van der Waals surface area (Å²) in [6.07, 6.45) is 3.29. The van der Waals surface area contributed by atoms with E-state index in [2.05, 4.69) is 49.0 Å². The molecule has 0 spiro atoms. The average molecular weight is 615 g/mol. The maximum absolute atomic E-state index is 13.6. The Hall–Kier alpha value is -1.36. The number of amides is 2. The van der Waals surface area contributed by atoms with Gasteiger partial charge in [-0.1, -0.05) is 6.92 Å². The Morgan fingerprint density at radius 1 is 1.00 bits per heavy atom. The van der Waals surface area contributed by atoms with E-state index in [1.54, 1.807) is 4.90 Å². The second kappa shape index (κ2) is 12.3. The minimum Gasteiger partial charge on any atom is -0.436 e. The van der Waals surface area contributed by atoms with E-state index in [1.165, 1.54) is 0 Å². The van der Waals surface area contributed by atoms with Crippen molar-refractivity contribution in [2.24, 2.45) is 5.92 Å². The van der Waals surface area contributed by atoms with Crippen molar-refractivity contribution in [3.8, 4) is 0 Å². The van der Waals surface area contributed by atoms with Crippen LogP contribution in [-0.2, 0) is 16.0 Å². The molecule has 3 fully saturated rings. The number of likely N-dealkylation sites (tertiary alicyclic amines) is 1. The number of piperazine rings is 1. The number of carbonyl (C=O) groups excluding carboxylic acids is 2. The van der Waals surface area contributed by atoms with Gasteiger partial charge in [0.2, 0.25) is 0 Å². The second-order valence-electron chi connectivity index (χ2n) is 10.1. The first-order valence-corrected chi connectivity index (χ1v) is 14.3. The number of benzene rings is 1. The average Bonchev–Trinajstić information content (AvgIpc) is 2.87. The van der Waals surface area contributed by atoms with E-state index in [-0.39, 0.29) is 5.91 Å². The van der Waals surface area contributed by atoms with E-state index in [4.69, 9.17) is 10.5 Å². The molecule has 2 amide bonds. The third-order valence-corrected chi connectivity index (χ3v) is 8.88. The molecule has 194 valence electrons. The fourth-order valence-corrected chi connectivity index (χ4v) is 6.50. The molecule has 3 saturated heterocycles. The molecule has 0 bridgehead atoms. The van der Waals surface area contributed by atoms with E-state index in [0.717, 1.165) is 66.4 Å². The highest BCUT2D eigenvalue weighted by molar-refractivity contribution is 9.11. The third kappa shape index (κ3) is 6.90. The number of nitrogens with zero attached hydrogens (tertiary/aromatic N) is 3. The molecule has 1 aromatic carbocycles. The van der Waals surface area contributed by atoms with Crippen LogP contribution in [0.3, 0.4) is 0 Å². The van der Waals surface area contributed by atoms with Crippen molar-refractivity contribution in [1.29, 1.82) is 0 Å². The van der Waals surface area contributed by atoms with Crippen LogP contribution in [0.25, 0.3) is 0 Å². The molecule has 0 radical (unpaired) electrons. The highest BCUT2D eigenvalue weighted by atomic mass is 79.9. The summed E-state index contributed by atoms with van der Waals surface area (Å²) < 4.78 is 7.41. The van der Waals surface area contributed by atoms with Crippen molar-refractivity contribution in [1.82, 2.24) is 20.0 Å². The Kier molecular flexibility index (Phi) is 9.35. The van der Waals surface area contributed by atoms with Gasteiger partial charge in [-0.2, -0.15) is 0 Å². The molecule has 3 N–H and O–H groups in total. The smallest absolute Gasteiger partial charge is 0.410 e. The molecule has 3 heterocycles. The topological polar surface area (TPSA) is 91.1 Å². The van der Waals surface area contributed by atoms with Crippen LogP contribution in [-0.4, -0.2) is 91.2 Å². The Bertz CT molecular complexity index is 872. The minimum atomic E-state index is -0.866. The number of nitrogen functional groups attached to an aromatic ring is 1. The normalized spacial score (nSPS) is 21.7. The molecule has 3 aliphatic rings. The van der Waals surface area contributed by atoms with Gasteiger partial charge in [0.1, 0.15) is 0 Å². The number of hydrogen-bond donors (Lipinski definition) is 2. The number of anilines is 1. The van der Waals surface area contributed by atoms with Crippen LogP contribution in [0.15, 0.2) is 21.1 Å². The molecule has 0 aromatic heterocycles. The molecule has 0 unspecified atom stereocenters. The number of carbonyl (C=O) groups is 2. The SMILES string of the molecule is CC1CCN(C(=O)O[C@H](Cc2cc(Br)c(N)c(Br)c2)C(=O)N2CCN(C3CCNCC3)CC2)CC1. The Morgan fingerprint density at radius 3 is 2.20 bits per heavy atom. The van der Waals surface area contributed by atoms with E-state index < -0.39 is 12.2 Å². The van der Waals surface area contributed by atoms with Gasteiger partial charge in [-0.05, 0) is 94.2 Å². The lowest BCUT2D eigenvalue weighted by Crippen LogP contribution is -2.56. The zero-order chi connectivity index (χ0) is 24.9. The fraction of sp³-hybridized carbons (Fsp3) is 0.680. The van der Waals surface area contributed by atoms with Crippen LogP contribution in [0.1, 0.15) is 38.2 Å². The molecule has 0 saturated carbocycles. The maximum atomic E-state index is 13.6. The summed E-state index contributed by atoms with van der Waals surface area (Å²) in [4.78, 5) is 32.8. The molecule has 10 heteroatoms. The molecule has 8 nitrogen and oxygen atoms in total. The quantitative estimate of drug-likeness (QED) is 0.494. The van der Waals surface area contributed by atoms with Gasteiger partial charge >= 0.3 is 6.09 Å². The molecule has 1 atom stereocenters. The highest BCUT2D eigenvalue weighted by Gasteiger charge is 2.34. The van der Waals surface area contributed by atoms with Crippen molar-refractivity contribution < 1.29 is 14.3 Å². The van der Waals surface area contributed by atoms with Gasteiger partial charge in [0.05, 0.1) is 5.69 Å². The predicted molar refractivity (Wildman–Crippen MR) is 144 cm³/mol. The first-order chi connectivity index (χ1) is 16.8. The fourth-order valence-electron chi connectivity index (χ4n) is 5.22. The molecule has 3 aliphatic heterocycles. The van der Waals surface area contributed by atoms with Crippen molar-refractivity contribution >= 4 is 49.5 Å². The summed E-state index contributed by atoms with van der Waals surface area (Å²) in [5, 5.41) is 3.42. The second-order valence-corrected chi connectivity index (χ2v) is 11.8. The molecule has 0 aliphatic carbocycles. The first-order valence-electron chi connectivity index (χ1n) is 12.7. The highest BCUT2D eigenvalue weighted by Crippen LogP contribution is 2.30. The molecular weight excluding hydrogens is 578 g/mol. The number of rotatable bonds is 5. The Morgan fingerprint density at radius 2 is 1.60 bits per heavy atom. The number of ether oxygens (including phenoxy) is 1. The van der Waals surface area contributed by atoms with Crippen LogP contribution in [0.4, 0.5) is 10.5 Å². The van der Waals surface area contributed by atoms with Gasteiger partial charge in [-0.25, -0.2) is 4.79 Å². The number of halogens is 2.